The number of benzene rings is 2. The van der Waals surface area contributed by atoms with Crippen molar-refractivity contribution in [3.63, 3.8) is 0 Å². The molecule has 0 unspecified atom stereocenters. The van der Waals surface area contributed by atoms with Gasteiger partial charge in [-0.25, -0.2) is 0 Å². The Morgan fingerprint density at radius 3 is 2.32 bits per heavy atom. The maximum atomic E-state index is 12.7. The first-order valence-corrected chi connectivity index (χ1v) is 10.9. The summed E-state index contributed by atoms with van der Waals surface area (Å²) >= 11 is 27.8. The van der Waals surface area contributed by atoms with Crippen molar-refractivity contribution in [1.82, 2.24) is 5.32 Å². The lowest BCUT2D eigenvalue weighted by Crippen LogP contribution is -2.33. The van der Waals surface area contributed by atoms with Gasteiger partial charge >= 0.3 is 6.18 Å². The van der Waals surface area contributed by atoms with Crippen molar-refractivity contribution < 1.29 is 22.8 Å². The summed E-state index contributed by atoms with van der Waals surface area (Å²) in [4.78, 5) is 24.8. The van der Waals surface area contributed by atoms with Crippen molar-refractivity contribution in [1.29, 1.82) is 0 Å². The molecule has 0 spiro atoms. The van der Waals surface area contributed by atoms with Gasteiger partial charge in [0, 0.05) is 16.1 Å². The number of nitrogens with one attached hydrogen (secondary N) is 2. The molecule has 0 bridgehead atoms. The molecule has 12 heteroatoms. The summed E-state index contributed by atoms with van der Waals surface area (Å²) in [5, 5.41) is 4.71. The molecule has 1 aliphatic rings. The van der Waals surface area contributed by atoms with Gasteiger partial charge in [-0.15, -0.1) is 23.2 Å². The van der Waals surface area contributed by atoms with Crippen molar-refractivity contribution in [3.05, 3.63) is 62.0 Å². The summed E-state index contributed by atoms with van der Waals surface area (Å²) in [6, 6.07) is 8.92. The van der Waals surface area contributed by atoms with Crippen LogP contribution in [0.3, 0.4) is 0 Å². The van der Waals surface area contributed by atoms with E-state index < -0.39 is 40.7 Å². The topological polar surface area (TPSA) is 58.2 Å². The largest absolute Gasteiger partial charge is 0.405 e. The molecule has 0 saturated heterocycles. The van der Waals surface area contributed by atoms with Gasteiger partial charge in [0.05, 0.1) is 21.5 Å². The lowest BCUT2D eigenvalue weighted by Gasteiger charge is -2.11. The number of hydrogen-bond donors (Lipinski definition) is 2. The van der Waals surface area contributed by atoms with E-state index in [-0.39, 0.29) is 16.3 Å². The molecule has 0 heterocycles. The van der Waals surface area contributed by atoms with Crippen LogP contribution in [0.2, 0.25) is 10.0 Å². The van der Waals surface area contributed by atoms with Gasteiger partial charge in [-0.2, -0.15) is 13.2 Å². The quantitative estimate of drug-likeness (QED) is 0.394. The highest BCUT2D eigenvalue weighted by Crippen LogP contribution is 2.65. The molecule has 4 nitrogen and oxygen atoms in total. The summed E-state index contributed by atoms with van der Waals surface area (Å²) in [7, 11) is 0. The zero-order valence-corrected chi connectivity index (χ0v) is 19.8. The third kappa shape index (κ3) is 5.60. The molecule has 0 aromatic heterocycles. The van der Waals surface area contributed by atoms with E-state index >= 15 is 0 Å². The van der Waals surface area contributed by atoms with E-state index in [1.165, 1.54) is 18.2 Å². The molecule has 3 rings (SSSR count). The second-order valence-electron chi connectivity index (χ2n) is 6.79. The first kappa shape index (κ1) is 24.5. The fraction of sp³-hybridized carbons (Fsp3) is 0.263. The number of amides is 2. The molecule has 0 radical (unpaired) electrons. The zero-order valence-electron chi connectivity index (χ0n) is 15.2. The predicted molar refractivity (Wildman–Crippen MR) is 118 cm³/mol. The molecule has 2 aromatic rings. The van der Waals surface area contributed by atoms with Crippen molar-refractivity contribution in [2.45, 2.75) is 16.4 Å². The van der Waals surface area contributed by atoms with Gasteiger partial charge in [-0.3, -0.25) is 9.59 Å². The summed E-state index contributed by atoms with van der Waals surface area (Å²) in [6.07, 6.45) is -4.57. The number of rotatable bonds is 5. The SMILES string of the molecule is O=C(NCC(F)(F)F)c1cc(NC(=O)[C@@H]2[C@@H](c3ccc(Cl)c(Br)c3)C2(Cl)Cl)ccc1Cl. The number of hydrogen-bond acceptors (Lipinski definition) is 2. The lowest BCUT2D eigenvalue weighted by molar-refractivity contribution is -0.123. The number of halogens is 8. The Bertz CT molecular complexity index is 1050. The first-order valence-electron chi connectivity index (χ1n) is 8.59. The predicted octanol–water partition coefficient (Wildman–Crippen LogP) is 6.57. The van der Waals surface area contributed by atoms with Gasteiger partial charge in [0.15, 0.2) is 0 Å². The molecular formula is C19H12BrCl4F3N2O2. The molecule has 2 aromatic carbocycles. The van der Waals surface area contributed by atoms with Gasteiger partial charge < -0.3 is 10.6 Å². The maximum Gasteiger partial charge on any atom is 0.405 e. The summed E-state index contributed by atoms with van der Waals surface area (Å²) in [6.45, 7) is -1.51. The fourth-order valence-corrected chi connectivity index (χ4v) is 4.59. The average Bonchev–Trinajstić information content (AvgIpc) is 3.25. The highest BCUT2D eigenvalue weighted by Gasteiger charge is 2.67. The van der Waals surface area contributed by atoms with Crippen LogP contribution in [-0.2, 0) is 4.79 Å². The van der Waals surface area contributed by atoms with Crippen molar-refractivity contribution in [2.24, 2.45) is 5.92 Å². The Balaban J connectivity index is 1.74. The van der Waals surface area contributed by atoms with Crippen LogP contribution in [-0.4, -0.2) is 28.9 Å². The highest BCUT2D eigenvalue weighted by atomic mass is 79.9. The van der Waals surface area contributed by atoms with Gasteiger partial charge in [0.2, 0.25) is 5.91 Å². The average molecular weight is 579 g/mol. The van der Waals surface area contributed by atoms with E-state index in [1.807, 2.05) is 0 Å². The molecule has 2 atom stereocenters. The second kappa shape index (κ2) is 8.98. The lowest BCUT2D eigenvalue weighted by atomic mass is 10.1. The third-order valence-electron chi connectivity index (χ3n) is 4.57. The van der Waals surface area contributed by atoms with E-state index in [2.05, 4.69) is 21.2 Å². The minimum absolute atomic E-state index is 0.0722. The van der Waals surface area contributed by atoms with E-state index in [1.54, 1.807) is 23.5 Å². The maximum absolute atomic E-state index is 12.7. The van der Waals surface area contributed by atoms with E-state index in [0.717, 1.165) is 0 Å². The molecule has 1 fully saturated rings. The Kier molecular flexibility index (Phi) is 7.08. The summed E-state index contributed by atoms with van der Waals surface area (Å²) in [5.41, 5.74) is 0.629. The van der Waals surface area contributed by atoms with Crippen LogP contribution in [0.15, 0.2) is 40.9 Å². The third-order valence-corrected chi connectivity index (χ3v) is 7.05. The van der Waals surface area contributed by atoms with Crippen LogP contribution in [0.25, 0.3) is 0 Å². The summed E-state index contributed by atoms with van der Waals surface area (Å²) < 4.78 is 36.3. The normalized spacial score (nSPS) is 19.6. The monoisotopic (exact) mass is 576 g/mol. The van der Waals surface area contributed by atoms with Gasteiger partial charge in [0.1, 0.15) is 10.9 Å². The standard InChI is InChI=1S/C19H12BrCl4F3N2O2/c20-11-5-8(1-3-13(11)22)14-15(19(14,23)24)17(31)29-9-2-4-12(21)10(6-9)16(30)28-7-18(25,26)27/h1-6,14-15H,7H2,(H,28,30)(H,29,31)/t14-,15+/m1/s1. The molecule has 2 amide bonds. The summed E-state index contributed by atoms with van der Waals surface area (Å²) in [5.74, 6) is -2.86. The van der Waals surface area contributed by atoms with E-state index in [4.69, 9.17) is 46.4 Å². The molecule has 2 N–H and O–H groups in total. The van der Waals surface area contributed by atoms with Crippen LogP contribution in [0, 0.1) is 5.92 Å². The zero-order chi connectivity index (χ0) is 23.1. The minimum atomic E-state index is -4.57. The van der Waals surface area contributed by atoms with Crippen LogP contribution in [0.4, 0.5) is 18.9 Å². The van der Waals surface area contributed by atoms with Crippen molar-refractivity contribution in [2.75, 3.05) is 11.9 Å². The molecule has 1 saturated carbocycles. The van der Waals surface area contributed by atoms with Crippen molar-refractivity contribution in [3.8, 4) is 0 Å². The molecule has 1 aliphatic carbocycles. The Morgan fingerprint density at radius 1 is 1.06 bits per heavy atom. The number of anilines is 1. The Hall–Kier alpha value is -1.19. The minimum Gasteiger partial charge on any atom is -0.343 e. The Labute approximate surface area is 203 Å². The smallest absolute Gasteiger partial charge is 0.343 e. The van der Waals surface area contributed by atoms with Gasteiger partial charge in [-0.1, -0.05) is 29.3 Å². The fourth-order valence-electron chi connectivity index (χ4n) is 3.05. The van der Waals surface area contributed by atoms with E-state index in [0.29, 0.717) is 15.1 Å². The second-order valence-corrected chi connectivity index (χ2v) is 9.90. The van der Waals surface area contributed by atoms with Crippen LogP contribution in [0.1, 0.15) is 21.8 Å². The highest BCUT2D eigenvalue weighted by molar-refractivity contribution is 9.10. The first-order chi connectivity index (χ1) is 14.3. The number of alkyl halides is 5. The number of carbonyl (C=O) groups is 2. The van der Waals surface area contributed by atoms with Crippen LogP contribution >= 0.6 is 62.3 Å². The Morgan fingerprint density at radius 2 is 1.71 bits per heavy atom. The van der Waals surface area contributed by atoms with Crippen LogP contribution < -0.4 is 10.6 Å². The van der Waals surface area contributed by atoms with Gasteiger partial charge in [-0.05, 0) is 51.8 Å². The van der Waals surface area contributed by atoms with Crippen LogP contribution in [0.5, 0.6) is 0 Å². The molecular weight excluding hydrogens is 567 g/mol. The number of carbonyl (C=O) groups excluding carboxylic acids is 2. The van der Waals surface area contributed by atoms with E-state index in [9.17, 15) is 22.8 Å². The van der Waals surface area contributed by atoms with Crippen molar-refractivity contribution >= 4 is 79.8 Å². The van der Waals surface area contributed by atoms with Gasteiger partial charge in [0.25, 0.3) is 5.91 Å². The molecule has 166 valence electrons. The molecule has 0 aliphatic heterocycles. The molecule has 31 heavy (non-hydrogen) atoms.